The highest BCUT2D eigenvalue weighted by Gasteiger charge is 2.81. The van der Waals surface area contributed by atoms with Crippen LogP contribution in [0.15, 0.2) is 24.3 Å². The summed E-state index contributed by atoms with van der Waals surface area (Å²) >= 11 is 5.97. The van der Waals surface area contributed by atoms with Crippen LogP contribution in [0, 0.1) is 5.41 Å². The second kappa shape index (κ2) is 6.72. The van der Waals surface area contributed by atoms with E-state index in [0.29, 0.717) is 10.6 Å². The van der Waals surface area contributed by atoms with Crippen molar-refractivity contribution >= 4 is 33.4 Å². The van der Waals surface area contributed by atoms with Crippen LogP contribution in [0.2, 0.25) is 5.02 Å². The molecule has 2 atom stereocenters. The van der Waals surface area contributed by atoms with Crippen LogP contribution >= 0.6 is 11.6 Å². The lowest BCUT2D eigenvalue weighted by Gasteiger charge is -2.15. The molecule has 0 spiro atoms. The van der Waals surface area contributed by atoms with Crippen LogP contribution in [0.25, 0.3) is 0 Å². The van der Waals surface area contributed by atoms with Crippen molar-refractivity contribution in [3.05, 3.63) is 34.9 Å². The molecule has 0 aromatic heterocycles. The number of esters is 2. The number of hydrogen-bond donors (Lipinski definition) is 0. The number of rotatable bonds is 6. The third-order valence-electron chi connectivity index (χ3n) is 4.03. The standard InChI is InChI=1S/C16H19ClO6S/c1-4-22-14(18)16(15(19)23-5-2)12(13(16)24(3,20)21)10-7-6-8-11(17)9-10/h6-9,12-13H,4-5H2,1-3H3/t12-,13+/m1/s1. The molecule has 8 heteroatoms. The number of hydrogen-bond acceptors (Lipinski definition) is 6. The summed E-state index contributed by atoms with van der Waals surface area (Å²) in [4.78, 5) is 25.1. The summed E-state index contributed by atoms with van der Waals surface area (Å²) in [7, 11) is -3.72. The lowest BCUT2D eigenvalue weighted by Crippen LogP contribution is -2.35. The predicted molar refractivity (Wildman–Crippen MR) is 88.5 cm³/mol. The van der Waals surface area contributed by atoms with Crippen molar-refractivity contribution < 1.29 is 27.5 Å². The van der Waals surface area contributed by atoms with Gasteiger partial charge < -0.3 is 9.47 Å². The maximum atomic E-state index is 12.5. The molecule has 0 bridgehead atoms. The molecule has 0 saturated heterocycles. The number of carbonyl (C=O) groups excluding carboxylic acids is 2. The van der Waals surface area contributed by atoms with Gasteiger partial charge in [0.05, 0.1) is 18.5 Å². The molecule has 0 amide bonds. The van der Waals surface area contributed by atoms with Gasteiger partial charge in [-0.2, -0.15) is 0 Å². The van der Waals surface area contributed by atoms with E-state index >= 15 is 0 Å². The Balaban J connectivity index is 2.61. The molecule has 1 aromatic carbocycles. The van der Waals surface area contributed by atoms with Crippen molar-refractivity contribution in [3.8, 4) is 0 Å². The summed E-state index contributed by atoms with van der Waals surface area (Å²) < 4.78 is 34.5. The first-order valence-electron chi connectivity index (χ1n) is 7.50. The Hall–Kier alpha value is -1.60. The van der Waals surface area contributed by atoms with Crippen LogP contribution in [-0.4, -0.2) is 45.1 Å². The average molecular weight is 375 g/mol. The van der Waals surface area contributed by atoms with Crippen LogP contribution in [0.3, 0.4) is 0 Å². The van der Waals surface area contributed by atoms with Gasteiger partial charge >= 0.3 is 11.9 Å². The highest BCUT2D eigenvalue weighted by atomic mass is 35.5. The van der Waals surface area contributed by atoms with Crippen molar-refractivity contribution in [1.82, 2.24) is 0 Å². The first-order chi connectivity index (χ1) is 11.2. The molecule has 1 aliphatic rings. The van der Waals surface area contributed by atoms with Crippen molar-refractivity contribution in [2.45, 2.75) is 25.0 Å². The fraction of sp³-hybridized carbons (Fsp3) is 0.500. The Labute approximate surface area is 146 Å². The van der Waals surface area contributed by atoms with Gasteiger partial charge in [0, 0.05) is 17.2 Å². The topological polar surface area (TPSA) is 86.7 Å². The van der Waals surface area contributed by atoms with Crippen molar-refractivity contribution in [2.75, 3.05) is 19.5 Å². The Kier molecular flexibility index (Phi) is 5.25. The molecule has 0 radical (unpaired) electrons. The van der Waals surface area contributed by atoms with Crippen molar-refractivity contribution in [2.24, 2.45) is 5.41 Å². The molecule has 0 N–H and O–H groups in total. The second-order valence-electron chi connectivity index (χ2n) is 5.59. The quantitative estimate of drug-likeness (QED) is 0.558. The van der Waals surface area contributed by atoms with Crippen LogP contribution < -0.4 is 0 Å². The molecule has 2 rings (SSSR count). The van der Waals surface area contributed by atoms with Crippen molar-refractivity contribution in [3.63, 3.8) is 0 Å². The molecular formula is C16H19ClO6S. The van der Waals surface area contributed by atoms with Gasteiger partial charge in [0.2, 0.25) is 0 Å². The Morgan fingerprint density at radius 3 is 2.12 bits per heavy atom. The van der Waals surface area contributed by atoms with E-state index in [1.165, 1.54) is 0 Å². The lowest BCUT2D eigenvalue weighted by molar-refractivity contribution is -0.164. The minimum atomic E-state index is -3.72. The normalized spacial score (nSPS) is 21.8. The summed E-state index contributed by atoms with van der Waals surface area (Å²) in [6, 6.07) is 6.44. The summed E-state index contributed by atoms with van der Waals surface area (Å²) in [6.45, 7) is 3.23. The zero-order valence-electron chi connectivity index (χ0n) is 13.6. The van der Waals surface area contributed by atoms with E-state index in [0.717, 1.165) is 6.26 Å². The van der Waals surface area contributed by atoms with Crippen LogP contribution in [-0.2, 0) is 28.9 Å². The van der Waals surface area contributed by atoms with E-state index in [4.69, 9.17) is 21.1 Å². The Bertz CT molecular complexity index is 740. The summed E-state index contributed by atoms with van der Waals surface area (Å²) in [5, 5.41) is -0.852. The van der Waals surface area contributed by atoms with E-state index in [2.05, 4.69) is 0 Å². The van der Waals surface area contributed by atoms with Gasteiger partial charge in [-0.05, 0) is 31.5 Å². The van der Waals surface area contributed by atoms with Gasteiger partial charge in [-0.3, -0.25) is 9.59 Å². The molecule has 6 nitrogen and oxygen atoms in total. The number of carbonyl (C=O) groups is 2. The molecule has 0 aliphatic heterocycles. The minimum absolute atomic E-state index is 0.0265. The van der Waals surface area contributed by atoms with Gasteiger partial charge in [0.1, 0.15) is 0 Å². The lowest BCUT2D eigenvalue weighted by atomic mass is 9.99. The molecule has 0 heterocycles. The first kappa shape index (κ1) is 18.7. The number of sulfone groups is 1. The fourth-order valence-corrected chi connectivity index (χ4v) is 5.15. The SMILES string of the molecule is CCOC(=O)C1(C(=O)OCC)[C@H](c2cccc(Cl)c2)[C@@H]1S(C)(=O)=O. The zero-order chi connectivity index (χ0) is 18.1. The molecule has 1 saturated carbocycles. The van der Waals surface area contributed by atoms with Gasteiger partial charge in [-0.25, -0.2) is 8.42 Å². The van der Waals surface area contributed by atoms with Crippen LogP contribution in [0.5, 0.6) is 0 Å². The van der Waals surface area contributed by atoms with Gasteiger partial charge in [0.25, 0.3) is 0 Å². The highest BCUT2D eigenvalue weighted by molar-refractivity contribution is 7.91. The fourth-order valence-electron chi connectivity index (χ4n) is 3.15. The maximum Gasteiger partial charge on any atom is 0.325 e. The largest absolute Gasteiger partial charge is 0.465 e. The monoisotopic (exact) mass is 374 g/mol. The predicted octanol–water partition coefficient (Wildman–Crippen LogP) is 1.96. The number of benzene rings is 1. The molecule has 132 valence electrons. The van der Waals surface area contributed by atoms with E-state index in [1.54, 1.807) is 38.1 Å². The Morgan fingerprint density at radius 2 is 1.71 bits per heavy atom. The molecule has 24 heavy (non-hydrogen) atoms. The first-order valence-corrected chi connectivity index (χ1v) is 9.83. The third-order valence-corrected chi connectivity index (χ3v) is 5.83. The van der Waals surface area contributed by atoms with Crippen LogP contribution in [0.4, 0.5) is 0 Å². The van der Waals surface area contributed by atoms with E-state index in [9.17, 15) is 18.0 Å². The molecule has 1 fully saturated rings. The van der Waals surface area contributed by atoms with Gasteiger partial charge in [0.15, 0.2) is 15.3 Å². The van der Waals surface area contributed by atoms with Crippen molar-refractivity contribution in [1.29, 1.82) is 0 Å². The Morgan fingerprint density at radius 1 is 1.17 bits per heavy atom. The average Bonchev–Trinajstić information content (AvgIpc) is 3.19. The van der Waals surface area contributed by atoms with E-state index < -0.39 is 38.4 Å². The molecular weight excluding hydrogens is 356 g/mol. The summed E-state index contributed by atoms with van der Waals surface area (Å²) in [5.41, 5.74) is -1.40. The van der Waals surface area contributed by atoms with Crippen LogP contribution in [0.1, 0.15) is 25.3 Å². The molecule has 1 aromatic rings. The van der Waals surface area contributed by atoms with Gasteiger partial charge in [-0.1, -0.05) is 23.7 Å². The minimum Gasteiger partial charge on any atom is -0.465 e. The van der Waals surface area contributed by atoms with Gasteiger partial charge in [-0.15, -0.1) is 0 Å². The highest BCUT2D eigenvalue weighted by Crippen LogP contribution is 2.64. The van der Waals surface area contributed by atoms with E-state index in [1.807, 2.05) is 0 Å². The molecule has 1 aliphatic carbocycles. The summed E-state index contributed by atoms with van der Waals surface area (Å²) in [5.74, 6) is -2.66. The maximum absolute atomic E-state index is 12.5. The number of ether oxygens (including phenoxy) is 2. The third kappa shape index (κ3) is 3.02. The summed E-state index contributed by atoms with van der Waals surface area (Å²) in [6.07, 6.45) is 0.995. The van der Waals surface area contributed by atoms with E-state index in [-0.39, 0.29) is 13.2 Å². The second-order valence-corrected chi connectivity index (χ2v) is 8.20. The number of halogens is 1. The zero-order valence-corrected chi connectivity index (χ0v) is 15.2. The smallest absolute Gasteiger partial charge is 0.325 e. The molecule has 0 unspecified atom stereocenters.